The molecule has 0 amide bonds. The van der Waals surface area contributed by atoms with E-state index in [1.165, 1.54) is 17.5 Å². The lowest BCUT2D eigenvalue weighted by atomic mass is 9.98. The van der Waals surface area contributed by atoms with Gasteiger partial charge in [0.25, 0.3) is 0 Å². The largest absolute Gasteiger partial charge is 0.497 e. The van der Waals surface area contributed by atoms with Crippen LogP contribution in [0.15, 0.2) is 40.9 Å². The van der Waals surface area contributed by atoms with Gasteiger partial charge in [-0.15, -0.1) is 0 Å². The lowest BCUT2D eigenvalue weighted by molar-refractivity contribution is 0.219. The molecular weight excluding hydrogens is 316 g/mol. The Morgan fingerprint density at radius 2 is 1.90 bits per heavy atom. The van der Waals surface area contributed by atoms with Gasteiger partial charge in [-0.3, -0.25) is 0 Å². The zero-order valence-electron chi connectivity index (χ0n) is 11.4. The van der Waals surface area contributed by atoms with E-state index in [1.54, 1.807) is 7.11 Å². The summed E-state index contributed by atoms with van der Waals surface area (Å²) < 4.78 is 6.05. The quantitative estimate of drug-likeness (QED) is 0.919. The Balaban J connectivity index is 1.94. The first-order chi connectivity index (χ1) is 9.69. The second-order valence-corrected chi connectivity index (χ2v) is 6.03. The first kappa shape index (κ1) is 13.7. The van der Waals surface area contributed by atoms with E-state index in [0.717, 1.165) is 34.2 Å². The van der Waals surface area contributed by atoms with E-state index < -0.39 is 6.10 Å². The van der Waals surface area contributed by atoms with Crippen LogP contribution in [0.3, 0.4) is 0 Å². The summed E-state index contributed by atoms with van der Waals surface area (Å²) in [7, 11) is 1.64. The number of aliphatic hydroxyl groups is 1. The smallest absolute Gasteiger partial charge is 0.120 e. The topological polar surface area (TPSA) is 29.5 Å². The van der Waals surface area contributed by atoms with E-state index in [0.29, 0.717) is 0 Å². The molecule has 104 valence electrons. The molecule has 3 heteroatoms. The zero-order valence-corrected chi connectivity index (χ0v) is 13.0. The highest BCUT2D eigenvalue weighted by atomic mass is 79.9. The monoisotopic (exact) mass is 332 g/mol. The summed E-state index contributed by atoms with van der Waals surface area (Å²) in [5.41, 5.74) is 4.63. The van der Waals surface area contributed by atoms with Gasteiger partial charge in [-0.05, 0) is 53.6 Å². The minimum atomic E-state index is -0.610. The number of rotatable bonds is 3. The van der Waals surface area contributed by atoms with Crippen LogP contribution in [0.5, 0.6) is 5.75 Å². The summed E-state index contributed by atoms with van der Waals surface area (Å²) in [4.78, 5) is 0. The molecule has 2 aromatic rings. The van der Waals surface area contributed by atoms with Crippen molar-refractivity contribution in [1.29, 1.82) is 0 Å². The van der Waals surface area contributed by atoms with Gasteiger partial charge in [-0.2, -0.15) is 0 Å². The number of benzene rings is 2. The minimum Gasteiger partial charge on any atom is -0.497 e. The lowest BCUT2D eigenvalue weighted by Gasteiger charge is -2.15. The molecule has 0 radical (unpaired) electrons. The molecule has 0 saturated heterocycles. The maximum absolute atomic E-state index is 10.6. The van der Waals surface area contributed by atoms with E-state index in [4.69, 9.17) is 4.74 Å². The summed E-state index contributed by atoms with van der Waals surface area (Å²) in [6, 6.07) is 12.0. The van der Waals surface area contributed by atoms with Gasteiger partial charge < -0.3 is 9.84 Å². The first-order valence-corrected chi connectivity index (χ1v) is 7.61. The van der Waals surface area contributed by atoms with Gasteiger partial charge in [0, 0.05) is 4.47 Å². The summed E-state index contributed by atoms with van der Waals surface area (Å²) in [5, 5.41) is 10.6. The number of methoxy groups -OCH3 is 1. The van der Waals surface area contributed by atoms with Gasteiger partial charge in [0.15, 0.2) is 0 Å². The van der Waals surface area contributed by atoms with Crippen LogP contribution < -0.4 is 4.74 Å². The van der Waals surface area contributed by atoms with E-state index in [2.05, 4.69) is 28.1 Å². The SMILES string of the molecule is COc1ccc(C(O)c2ccc3c(c2)CCC3)c(Br)c1. The van der Waals surface area contributed by atoms with E-state index in [-0.39, 0.29) is 0 Å². The van der Waals surface area contributed by atoms with Gasteiger partial charge in [0.05, 0.1) is 7.11 Å². The number of halogens is 1. The number of hydrogen-bond donors (Lipinski definition) is 1. The van der Waals surface area contributed by atoms with Crippen molar-refractivity contribution in [2.75, 3.05) is 7.11 Å². The number of aliphatic hydroxyl groups excluding tert-OH is 1. The predicted molar refractivity (Wildman–Crippen MR) is 83.2 cm³/mol. The van der Waals surface area contributed by atoms with Crippen molar-refractivity contribution < 1.29 is 9.84 Å². The van der Waals surface area contributed by atoms with Crippen LogP contribution in [-0.2, 0) is 12.8 Å². The fourth-order valence-corrected chi connectivity index (χ4v) is 3.37. The highest BCUT2D eigenvalue weighted by Crippen LogP contribution is 2.33. The molecule has 0 heterocycles. The highest BCUT2D eigenvalue weighted by molar-refractivity contribution is 9.10. The number of hydrogen-bond acceptors (Lipinski definition) is 2. The standard InChI is InChI=1S/C17H17BrO2/c1-20-14-7-8-15(16(18)10-14)17(19)13-6-5-11-3-2-4-12(11)9-13/h5-10,17,19H,2-4H2,1H3. The Morgan fingerprint density at radius 3 is 2.65 bits per heavy atom. The molecule has 1 unspecified atom stereocenters. The molecule has 0 bridgehead atoms. The van der Waals surface area contributed by atoms with E-state index in [9.17, 15) is 5.11 Å². The average molecular weight is 333 g/mol. The Bertz CT molecular complexity index is 637. The highest BCUT2D eigenvalue weighted by Gasteiger charge is 2.17. The number of fused-ring (bicyclic) bond motifs is 1. The molecule has 3 rings (SSSR count). The van der Waals surface area contributed by atoms with Crippen LogP contribution >= 0.6 is 15.9 Å². The third-order valence-corrected chi connectivity index (χ3v) is 4.63. The third kappa shape index (κ3) is 2.48. The molecule has 1 aliphatic rings. The fraction of sp³-hybridized carbons (Fsp3) is 0.294. The van der Waals surface area contributed by atoms with Gasteiger partial charge in [-0.25, -0.2) is 0 Å². The molecule has 2 aromatic carbocycles. The number of ether oxygens (including phenoxy) is 1. The normalized spacial score (nSPS) is 14.9. The lowest BCUT2D eigenvalue weighted by Crippen LogP contribution is -2.02. The van der Waals surface area contributed by atoms with Crippen molar-refractivity contribution in [3.63, 3.8) is 0 Å². The van der Waals surface area contributed by atoms with Crippen molar-refractivity contribution >= 4 is 15.9 Å². The van der Waals surface area contributed by atoms with Crippen LogP contribution in [0.25, 0.3) is 0 Å². The fourth-order valence-electron chi connectivity index (χ4n) is 2.80. The van der Waals surface area contributed by atoms with Crippen LogP contribution in [0, 0.1) is 0 Å². The van der Waals surface area contributed by atoms with Crippen molar-refractivity contribution in [2.45, 2.75) is 25.4 Å². The summed E-state index contributed by atoms with van der Waals surface area (Å²) in [6.45, 7) is 0. The molecule has 20 heavy (non-hydrogen) atoms. The molecule has 1 atom stereocenters. The van der Waals surface area contributed by atoms with Crippen LogP contribution in [0.1, 0.15) is 34.8 Å². The van der Waals surface area contributed by atoms with Gasteiger partial charge in [0.2, 0.25) is 0 Å². The summed E-state index contributed by atoms with van der Waals surface area (Å²) in [6.07, 6.45) is 2.90. The Labute approximate surface area is 127 Å². The molecule has 0 fully saturated rings. The Hall–Kier alpha value is -1.32. The van der Waals surface area contributed by atoms with E-state index in [1.807, 2.05) is 24.3 Å². The average Bonchev–Trinajstić information content (AvgIpc) is 2.93. The van der Waals surface area contributed by atoms with Crippen molar-refractivity contribution in [2.24, 2.45) is 0 Å². The molecule has 0 saturated carbocycles. The van der Waals surface area contributed by atoms with E-state index >= 15 is 0 Å². The third-order valence-electron chi connectivity index (χ3n) is 3.94. The molecule has 1 aliphatic carbocycles. The van der Waals surface area contributed by atoms with Crippen LogP contribution in [0.4, 0.5) is 0 Å². The maximum atomic E-state index is 10.6. The summed E-state index contributed by atoms with van der Waals surface area (Å²) >= 11 is 3.51. The molecule has 0 aliphatic heterocycles. The van der Waals surface area contributed by atoms with Gasteiger partial charge in [-0.1, -0.05) is 40.2 Å². The summed E-state index contributed by atoms with van der Waals surface area (Å²) in [5.74, 6) is 0.779. The Morgan fingerprint density at radius 1 is 1.10 bits per heavy atom. The van der Waals surface area contributed by atoms with Crippen LogP contribution in [-0.4, -0.2) is 12.2 Å². The zero-order chi connectivity index (χ0) is 14.1. The minimum absolute atomic E-state index is 0.610. The van der Waals surface area contributed by atoms with Crippen molar-refractivity contribution in [3.05, 3.63) is 63.1 Å². The Kier molecular flexibility index (Phi) is 3.81. The van der Waals surface area contributed by atoms with Gasteiger partial charge in [0.1, 0.15) is 11.9 Å². The maximum Gasteiger partial charge on any atom is 0.120 e. The first-order valence-electron chi connectivity index (χ1n) is 6.82. The second-order valence-electron chi connectivity index (χ2n) is 5.17. The molecular formula is C17H17BrO2. The van der Waals surface area contributed by atoms with Crippen molar-refractivity contribution in [3.8, 4) is 5.75 Å². The predicted octanol–water partition coefficient (Wildman–Crippen LogP) is 4.03. The molecule has 1 N–H and O–H groups in total. The molecule has 0 aromatic heterocycles. The molecule has 2 nitrogen and oxygen atoms in total. The number of aryl methyl sites for hydroxylation is 2. The second kappa shape index (κ2) is 5.58. The van der Waals surface area contributed by atoms with Crippen LogP contribution in [0.2, 0.25) is 0 Å². The molecule has 0 spiro atoms. The van der Waals surface area contributed by atoms with Crippen molar-refractivity contribution in [1.82, 2.24) is 0 Å². The van der Waals surface area contributed by atoms with Gasteiger partial charge >= 0.3 is 0 Å².